The van der Waals surface area contributed by atoms with Crippen LogP contribution < -0.4 is 5.32 Å². The van der Waals surface area contributed by atoms with E-state index in [1.807, 2.05) is 0 Å². The van der Waals surface area contributed by atoms with E-state index >= 15 is 0 Å². The molecule has 138 valence electrons. The van der Waals surface area contributed by atoms with Gasteiger partial charge in [-0.2, -0.15) is 4.31 Å². The molecule has 1 amide bonds. The molecule has 3 rings (SSSR count). The molecule has 2 aliphatic heterocycles. The Morgan fingerprint density at radius 3 is 2.72 bits per heavy atom. The molecule has 3 heterocycles. The third-order valence-corrected chi connectivity index (χ3v) is 7.33. The monoisotopic (exact) mass is 367 g/mol. The van der Waals surface area contributed by atoms with E-state index in [-0.39, 0.29) is 17.4 Å². The highest BCUT2D eigenvalue weighted by atomic mass is 32.2. The summed E-state index contributed by atoms with van der Waals surface area (Å²) in [5.74, 6) is 0.150. The first-order valence-corrected chi connectivity index (χ1v) is 10.2. The zero-order chi connectivity index (χ0) is 18.1. The van der Waals surface area contributed by atoms with Crippen LogP contribution in [0.15, 0.2) is 24.5 Å². The SMILES string of the molecule is CC(C)S(=O)(=O)N1CC2(C1)OCC[C@H]2CCNC(=O)c1ccncc1. The van der Waals surface area contributed by atoms with E-state index in [1.165, 1.54) is 4.31 Å². The number of hydrogen-bond donors (Lipinski definition) is 1. The Hall–Kier alpha value is -1.51. The lowest BCUT2D eigenvalue weighted by Gasteiger charge is -2.49. The Kier molecular flexibility index (Phi) is 5.13. The van der Waals surface area contributed by atoms with Gasteiger partial charge in [0.1, 0.15) is 0 Å². The number of carbonyl (C=O) groups excluding carboxylic acids is 1. The van der Waals surface area contributed by atoms with Crippen LogP contribution in [-0.4, -0.2) is 60.7 Å². The topological polar surface area (TPSA) is 88.6 Å². The van der Waals surface area contributed by atoms with Crippen LogP contribution in [0.25, 0.3) is 0 Å². The summed E-state index contributed by atoms with van der Waals surface area (Å²) in [5, 5.41) is 2.50. The molecule has 1 aromatic rings. The summed E-state index contributed by atoms with van der Waals surface area (Å²) in [6.45, 7) is 5.45. The molecule has 1 spiro atoms. The highest BCUT2D eigenvalue weighted by molar-refractivity contribution is 7.89. The fourth-order valence-corrected chi connectivity index (χ4v) is 4.93. The second-order valence-corrected chi connectivity index (χ2v) is 9.53. The minimum absolute atomic E-state index is 0.118. The van der Waals surface area contributed by atoms with E-state index in [4.69, 9.17) is 4.74 Å². The lowest BCUT2D eigenvalue weighted by atomic mass is 9.80. The molecule has 8 heteroatoms. The maximum atomic E-state index is 12.2. The summed E-state index contributed by atoms with van der Waals surface area (Å²) in [7, 11) is -3.22. The summed E-state index contributed by atoms with van der Waals surface area (Å²) in [4.78, 5) is 16.0. The first-order valence-electron chi connectivity index (χ1n) is 8.66. The van der Waals surface area contributed by atoms with Crippen LogP contribution in [-0.2, 0) is 14.8 Å². The molecule has 0 saturated carbocycles. The summed E-state index contributed by atoms with van der Waals surface area (Å²) in [6.07, 6.45) is 4.87. The van der Waals surface area contributed by atoms with Crippen LogP contribution >= 0.6 is 0 Å². The van der Waals surface area contributed by atoms with E-state index < -0.39 is 15.3 Å². The number of carbonyl (C=O) groups is 1. The minimum atomic E-state index is -3.22. The van der Waals surface area contributed by atoms with Crippen molar-refractivity contribution in [3.63, 3.8) is 0 Å². The number of aromatic nitrogens is 1. The summed E-state index contributed by atoms with van der Waals surface area (Å²) < 4.78 is 31.9. The number of rotatable bonds is 6. The maximum Gasteiger partial charge on any atom is 0.251 e. The van der Waals surface area contributed by atoms with Gasteiger partial charge in [0, 0.05) is 44.2 Å². The summed E-state index contributed by atoms with van der Waals surface area (Å²) in [6, 6.07) is 3.35. The van der Waals surface area contributed by atoms with Crippen molar-refractivity contribution in [3.8, 4) is 0 Å². The Labute approximate surface area is 148 Å². The second kappa shape index (κ2) is 7.01. The third-order valence-electron chi connectivity index (χ3n) is 5.16. The zero-order valence-electron chi connectivity index (χ0n) is 14.6. The molecule has 0 aliphatic carbocycles. The van der Waals surface area contributed by atoms with E-state index in [0.29, 0.717) is 31.8 Å². The van der Waals surface area contributed by atoms with Crippen molar-refractivity contribution in [3.05, 3.63) is 30.1 Å². The van der Waals surface area contributed by atoms with Gasteiger partial charge in [0.25, 0.3) is 5.91 Å². The summed E-state index contributed by atoms with van der Waals surface area (Å²) >= 11 is 0. The van der Waals surface area contributed by atoms with Crippen LogP contribution in [0, 0.1) is 5.92 Å². The first-order chi connectivity index (χ1) is 11.8. The number of amides is 1. The second-order valence-electron chi connectivity index (χ2n) is 7.04. The van der Waals surface area contributed by atoms with Gasteiger partial charge in [0.15, 0.2) is 0 Å². The maximum absolute atomic E-state index is 12.2. The van der Waals surface area contributed by atoms with Crippen molar-refractivity contribution in [2.75, 3.05) is 26.2 Å². The standard InChI is InChI=1S/C17H25N3O4S/c1-13(2)25(22,23)20-11-17(12-20)15(6-10-24-17)5-9-19-16(21)14-3-7-18-8-4-14/h3-4,7-8,13,15H,5-6,9-12H2,1-2H3,(H,19,21)/t15-/m1/s1. The fraction of sp³-hybridized carbons (Fsp3) is 0.647. The highest BCUT2D eigenvalue weighted by Gasteiger charge is 2.56. The number of sulfonamides is 1. The van der Waals surface area contributed by atoms with Crippen molar-refractivity contribution < 1.29 is 17.9 Å². The number of nitrogens with zero attached hydrogens (tertiary/aromatic N) is 2. The number of nitrogens with one attached hydrogen (secondary N) is 1. The lowest BCUT2D eigenvalue weighted by molar-refractivity contribution is -0.102. The fourth-order valence-electron chi connectivity index (χ4n) is 3.54. The van der Waals surface area contributed by atoms with E-state index in [2.05, 4.69) is 10.3 Å². The Bertz CT molecular complexity index is 715. The molecule has 2 aliphatic rings. The summed E-state index contributed by atoms with van der Waals surface area (Å²) in [5.41, 5.74) is 0.217. The van der Waals surface area contributed by atoms with Crippen molar-refractivity contribution in [1.29, 1.82) is 0 Å². The Morgan fingerprint density at radius 2 is 2.08 bits per heavy atom. The van der Waals surface area contributed by atoms with E-state index in [1.54, 1.807) is 38.4 Å². The Morgan fingerprint density at radius 1 is 1.40 bits per heavy atom. The molecule has 2 fully saturated rings. The smallest absolute Gasteiger partial charge is 0.251 e. The van der Waals surface area contributed by atoms with Gasteiger partial charge in [-0.25, -0.2) is 8.42 Å². The minimum Gasteiger partial charge on any atom is -0.372 e. The molecule has 1 aromatic heterocycles. The first kappa shape index (κ1) is 18.3. The van der Waals surface area contributed by atoms with Crippen LogP contribution in [0.5, 0.6) is 0 Å². The molecule has 0 aromatic carbocycles. The van der Waals surface area contributed by atoms with Crippen molar-refractivity contribution in [1.82, 2.24) is 14.6 Å². The van der Waals surface area contributed by atoms with Gasteiger partial charge in [0.05, 0.1) is 10.9 Å². The van der Waals surface area contributed by atoms with Gasteiger partial charge in [-0.1, -0.05) is 0 Å². The van der Waals surface area contributed by atoms with Gasteiger partial charge in [0.2, 0.25) is 10.0 Å². The lowest BCUT2D eigenvalue weighted by Crippen LogP contribution is -2.67. The van der Waals surface area contributed by atoms with E-state index in [0.717, 1.165) is 12.8 Å². The average Bonchev–Trinajstić information content (AvgIpc) is 2.98. The molecule has 25 heavy (non-hydrogen) atoms. The number of pyridine rings is 1. The van der Waals surface area contributed by atoms with Gasteiger partial charge < -0.3 is 10.1 Å². The average molecular weight is 367 g/mol. The Balaban J connectivity index is 1.51. The van der Waals surface area contributed by atoms with E-state index in [9.17, 15) is 13.2 Å². The normalized spacial score (nSPS) is 22.9. The molecule has 0 bridgehead atoms. The molecular formula is C17H25N3O4S. The molecule has 0 radical (unpaired) electrons. The third kappa shape index (κ3) is 3.56. The quantitative estimate of drug-likeness (QED) is 0.811. The van der Waals surface area contributed by atoms with Crippen molar-refractivity contribution in [2.45, 2.75) is 37.5 Å². The van der Waals surface area contributed by atoms with Crippen LogP contribution in [0.4, 0.5) is 0 Å². The van der Waals surface area contributed by atoms with Crippen molar-refractivity contribution >= 4 is 15.9 Å². The molecule has 7 nitrogen and oxygen atoms in total. The molecule has 1 atom stereocenters. The van der Waals surface area contributed by atoms with Gasteiger partial charge >= 0.3 is 0 Å². The zero-order valence-corrected chi connectivity index (χ0v) is 15.5. The highest BCUT2D eigenvalue weighted by Crippen LogP contribution is 2.43. The predicted octanol–water partition coefficient (Wildman–Crippen LogP) is 1.03. The largest absolute Gasteiger partial charge is 0.372 e. The van der Waals surface area contributed by atoms with Gasteiger partial charge in [-0.3, -0.25) is 9.78 Å². The number of ether oxygens (including phenoxy) is 1. The number of hydrogen-bond acceptors (Lipinski definition) is 5. The van der Waals surface area contributed by atoms with Gasteiger partial charge in [-0.05, 0) is 44.7 Å². The molecule has 0 unspecified atom stereocenters. The molecule has 2 saturated heterocycles. The predicted molar refractivity (Wildman–Crippen MR) is 93.6 cm³/mol. The molecule has 1 N–H and O–H groups in total. The van der Waals surface area contributed by atoms with Crippen molar-refractivity contribution in [2.24, 2.45) is 5.92 Å². The van der Waals surface area contributed by atoms with Crippen LogP contribution in [0.3, 0.4) is 0 Å². The molecular weight excluding hydrogens is 342 g/mol. The van der Waals surface area contributed by atoms with Gasteiger partial charge in [-0.15, -0.1) is 0 Å². The van der Waals surface area contributed by atoms with Crippen LogP contribution in [0.1, 0.15) is 37.0 Å². The van der Waals surface area contributed by atoms with Crippen LogP contribution in [0.2, 0.25) is 0 Å².